The van der Waals surface area contributed by atoms with Gasteiger partial charge in [0.25, 0.3) is 0 Å². The van der Waals surface area contributed by atoms with Gasteiger partial charge in [-0.15, -0.1) is 0 Å². The molecule has 0 atom stereocenters. The molecule has 0 aliphatic heterocycles. The number of hydrogen-bond acceptors (Lipinski definition) is 4. The van der Waals surface area contributed by atoms with Gasteiger partial charge >= 0.3 is 6.09 Å². The molecule has 5 heteroatoms. The van der Waals surface area contributed by atoms with Crippen molar-refractivity contribution < 1.29 is 9.53 Å². The number of carbonyl (C=O) groups is 1. The zero-order chi connectivity index (χ0) is 14.2. The number of anilines is 1. The molecule has 20 heavy (non-hydrogen) atoms. The second kappa shape index (κ2) is 7.04. The van der Waals surface area contributed by atoms with Crippen molar-refractivity contribution in [1.82, 2.24) is 4.98 Å². The van der Waals surface area contributed by atoms with E-state index in [1.807, 2.05) is 30.3 Å². The molecule has 0 saturated carbocycles. The molecule has 5 nitrogen and oxygen atoms in total. The largest absolute Gasteiger partial charge is 0.444 e. The maximum Gasteiger partial charge on any atom is 0.412 e. The molecule has 0 aliphatic rings. The van der Waals surface area contributed by atoms with Gasteiger partial charge in [0.1, 0.15) is 6.61 Å². The smallest absolute Gasteiger partial charge is 0.412 e. The number of ether oxygens (including phenoxy) is 1. The molecule has 0 unspecified atom stereocenters. The third-order valence-electron chi connectivity index (χ3n) is 2.56. The van der Waals surface area contributed by atoms with Gasteiger partial charge in [-0.3, -0.25) is 15.3 Å². The van der Waals surface area contributed by atoms with Crippen LogP contribution in [-0.4, -0.2) is 17.8 Å². The van der Waals surface area contributed by atoms with E-state index >= 15 is 0 Å². The van der Waals surface area contributed by atoms with Crippen LogP contribution in [0, 0.1) is 0 Å². The summed E-state index contributed by atoms with van der Waals surface area (Å²) in [4.78, 5) is 19.5. The Hall–Kier alpha value is -2.69. The van der Waals surface area contributed by atoms with Gasteiger partial charge in [-0.25, -0.2) is 4.79 Å². The van der Waals surface area contributed by atoms with Gasteiger partial charge in [0.2, 0.25) is 0 Å². The van der Waals surface area contributed by atoms with Crippen LogP contribution in [0.4, 0.5) is 10.5 Å². The average molecular weight is 269 g/mol. The van der Waals surface area contributed by atoms with Crippen molar-refractivity contribution in [2.75, 3.05) is 5.32 Å². The lowest BCUT2D eigenvalue weighted by atomic mass is 10.2. The Morgan fingerprint density at radius 3 is 2.70 bits per heavy atom. The number of carbonyl (C=O) groups excluding carboxylic acids is 1. The lowest BCUT2D eigenvalue weighted by Crippen LogP contribution is -2.13. The maximum absolute atomic E-state index is 11.6. The van der Waals surface area contributed by atoms with Crippen LogP contribution in [0.1, 0.15) is 11.3 Å². The molecule has 1 aromatic heterocycles. The molecule has 0 fully saturated rings. The van der Waals surface area contributed by atoms with Gasteiger partial charge < -0.3 is 4.74 Å². The summed E-state index contributed by atoms with van der Waals surface area (Å²) in [6.07, 6.45) is 1.05. The van der Waals surface area contributed by atoms with Crippen molar-refractivity contribution in [1.29, 1.82) is 0 Å². The Labute approximate surface area is 117 Å². The molecule has 0 saturated heterocycles. The number of hydrogen-bond donors (Lipinski definition) is 1. The fourth-order valence-electron chi connectivity index (χ4n) is 1.58. The highest BCUT2D eigenvalue weighted by atomic mass is 16.5. The number of benzene rings is 1. The average Bonchev–Trinajstić information content (AvgIpc) is 2.49. The van der Waals surface area contributed by atoms with E-state index in [0.717, 1.165) is 11.3 Å². The molecule has 2 aromatic rings. The molecule has 2 rings (SSSR count). The highest BCUT2D eigenvalue weighted by Gasteiger charge is 2.04. The summed E-state index contributed by atoms with van der Waals surface area (Å²) in [6.45, 7) is 4.09. The Morgan fingerprint density at radius 2 is 2.05 bits per heavy atom. The van der Waals surface area contributed by atoms with Crippen molar-refractivity contribution in [3.63, 3.8) is 0 Å². The molecule has 0 bridgehead atoms. The maximum atomic E-state index is 11.6. The van der Waals surface area contributed by atoms with Crippen molar-refractivity contribution in [2.45, 2.75) is 13.2 Å². The van der Waals surface area contributed by atoms with Crippen LogP contribution < -0.4 is 5.32 Å². The standard InChI is InChI=1S/C15H15N3O2/c1-16-9-13-7-8-14(10-17-13)18-15(19)20-11-12-5-3-2-4-6-12/h2-8,10H,1,9,11H2,(H,18,19). The molecule has 0 aliphatic carbocycles. The first-order valence-corrected chi connectivity index (χ1v) is 6.13. The molecule has 1 N–H and O–H groups in total. The summed E-state index contributed by atoms with van der Waals surface area (Å²) in [5.41, 5.74) is 2.31. The molecule has 0 radical (unpaired) electrons. The summed E-state index contributed by atoms with van der Waals surface area (Å²) < 4.78 is 5.10. The lowest BCUT2D eigenvalue weighted by molar-refractivity contribution is 0.155. The number of aromatic nitrogens is 1. The normalized spacial score (nSPS) is 9.80. The van der Waals surface area contributed by atoms with Crippen LogP contribution in [0.15, 0.2) is 53.7 Å². The molecular formula is C15H15N3O2. The summed E-state index contributed by atoms with van der Waals surface area (Å²) in [5.74, 6) is 0. The van der Waals surface area contributed by atoms with Crippen molar-refractivity contribution in [2.24, 2.45) is 4.99 Å². The van der Waals surface area contributed by atoms with E-state index in [9.17, 15) is 4.79 Å². The number of amides is 1. The van der Waals surface area contributed by atoms with Gasteiger partial charge in [-0.05, 0) is 24.4 Å². The molecule has 1 heterocycles. The number of nitrogens with zero attached hydrogens (tertiary/aromatic N) is 2. The molecular weight excluding hydrogens is 254 g/mol. The highest BCUT2D eigenvalue weighted by Crippen LogP contribution is 2.08. The monoisotopic (exact) mass is 269 g/mol. The minimum Gasteiger partial charge on any atom is -0.444 e. The SMILES string of the molecule is C=NCc1ccc(NC(=O)OCc2ccccc2)cn1. The van der Waals surface area contributed by atoms with E-state index in [-0.39, 0.29) is 6.61 Å². The molecule has 0 spiro atoms. The Bertz CT molecular complexity index is 567. The summed E-state index contributed by atoms with van der Waals surface area (Å²) >= 11 is 0. The van der Waals surface area contributed by atoms with Gasteiger partial charge in [0.15, 0.2) is 0 Å². The van der Waals surface area contributed by atoms with Crippen LogP contribution >= 0.6 is 0 Å². The van der Waals surface area contributed by atoms with E-state index in [1.165, 1.54) is 0 Å². The number of rotatable bonds is 5. The van der Waals surface area contributed by atoms with Crippen molar-refractivity contribution in [3.05, 3.63) is 59.9 Å². The molecule has 1 amide bonds. The van der Waals surface area contributed by atoms with Gasteiger partial charge in [-0.2, -0.15) is 0 Å². The van der Waals surface area contributed by atoms with Crippen LogP contribution in [0.5, 0.6) is 0 Å². The number of nitrogens with one attached hydrogen (secondary N) is 1. The van der Waals surface area contributed by atoms with E-state index in [1.54, 1.807) is 18.3 Å². The fourth-order valence-corrected chi connectivity index (χ4v) is 1.58. The predicted molar refractivity (Wildman–Crippen MR) is 77.7 cm³/mol. The van der Waals surface area contributed by atoms with E-state index in [4.69, 9.17) is 4.74 Å². The first-order chi connectivity index (χ1) is 9.78. The quantitative estimate of drug-likeness (QED) is 0.848. The third-order valence-corrected chi connectivity index (χ3v) is 2.56. The Balaban J connectivity index is 1.83. The highest BCUT2D eigenvalue weighted by molar-refractivity contribution is 5.84. The first kappa shape index (κ1) is 13.7. The van der Waals surface area contributed by atoms with E-state index in [0.29, 0.717) is 12.2 Å². The van der Waals surface area contributed by atoms with Crippen LogP contribution in [-0.2, 0) is 17.9 Å². The number of aliphatic imine (C=N–C) groups is 1. The zero-order valence-corrected chi connectivity index (χ0v) is 11.0. The van der Waals surface area contributed by atoms with Crippen LogP contribution in [0.25, 0.3) is 0 Å². The van der Waals surface area contributed by atoms with Crippen molar-refractivity contribution >= 4 is 18.5 Å². The predicted octanol–water partition coefficient (Wildman–Crippen LogP) is 3.03. The second-order valence-electron chi connectivity index (χ2n) is 4.11. The minimum atomic E-state index is -0.509. The van der Waals surface area contributed by atoms with Crippen LogP contribution in [0.3, 0.4) is 0 Å². The fraction of sp³-hybridized carbons (Fsp3) is 0.133. The summed E-state index contributed by atoms with van der Waals surface area (Å²) in [7, 11) is 0. The van der Waals surface area contributed by atoms with Crippen molar-refractivity contribution in [3.8, 4) is 0 Å². The first-order valence-electron chi connectivity index (χ1n) is 6.13. The van der Waals surface area contributed by atoms with Gasteiger partial charge in [0.05, 0.1) is 24.1 Å². The van der Waals surface area contributed by atoms with Gasteiger partial charge in [-0.1, -0.05) is 30.3 Å². The summed E-state index contributed by atoms with van der Waals surface area (Å²) in [5, 5.41) is 2.61. The third kappa shape index (κ3) is 4.20. The van der Waals surface area contributed by atoms with Crippen LogP contribution in [0.2, 0.25) is 0 Å². The minimum absolute atomic E-state index is 0.235. The number of pyridine rings is 1. The molecule has 1 aromatic carbocycles. The second-order valence-corrected chi connectivity index (χ2v) is 4.11. The Morgan fingerprint density at radius 1 is 1.25 bits per heavy atom. The van der Waals surface area contributed by atoms with E-state index < -0.39 is 6.09 Å². The zero-order valence-electron chi connectivity index (χ0n) is 11.0. The summed E-state index contributed by atoms with van der Waals surface area (Å²) in [6, 6.07) is 13.0. The Kier molecular flexibility index (Phi) is 4.83. The lowest BCUT2D eigenvalue weighted by Gasteiger charge is -2.07. The van der Waals surface area contributed by atoms with E-state index in [2.05, 4.69) is 22.0 Å². The topological polar surface area (TPSA) is 63.6 Å². The van der Waals surface area contributed by atoms with Gasteiger partial charge in [0, 0.05) is 0 Å². The molecule has 102 valence electrons.